The molecule has 33 heavy (non-hydrogen) atoms. The Bertz CT molecular complexity index is 1040. The predicted octanol–water partition coefficient (Wildman–Crippen LogP) is 3.83. The number of para-hydroxylation sites is 1. The number of aromatic hydroxyl groups is 1. The molecule has 0 aromatic heterocycles. The maximum absolute atomic E-state index is 13.3. The fourth-order valence-corrected chi connectivity index (χ4v) is 4.27. The maximum atomic E-state index is 13.3. The quantitative estimate of drug-likeness (QED) is 0.642. The van der Waals surface area contributed by atoms with E-state index in [1.807, 2.05) is 13.8 Å². The molecule has 1 saturated heterocycles. The van der Waals surface area contributed by atoms with Gasteiger partial charge in [-0.15, -0.1) is 0 Å². The molecule has 3 amide bonds. The van der Waals surface area contributed by atoms with Crippen LogP contribution in [0.4, 0.5) is 0 Å². The number of phenolic OH excluding ortho intramolecular Hbond substituents is 1. The van der Waals surface area contributed by atoms with E-state index in [-0.39, 0.29) is 39.6 Å². The molecule has 1 fully saturated rings. The second kappa shape index (κ2) is 10.9. The van der Waals surface area contributed by atoms with Gasteiger partial charge in [0.2, 0.25) is 5.91 Å². The number of benzene rings is 2. The number of hydrogen-bond acceptors (Lipinski definition) is 4. The second-order valence-corrected chi connectivity index (χ2v) is 9.26. The summed E-state index contributed by atoms with van der Waals surface area (Å²) in [5, 5.41) is 13.4. The maximum Gasteiger partial charge on any atom is 0.257 e. The summed E-state index contributed by atoms with van der Waals surface area (Å²) < 4.78 is 0. The summed E-state index contributed by atoms with van der Waals surface area (Å²) in [4.78, 5) is 42.0. The number of phenols is 1. The molecule has 1 atom stereocenters. The molecule has 9 heteroatoms. The minimum Gasteiger partial charge on any atom is -0.507 e. The van der Waals surface area contributed by atoms with Crippen LogP contribution in [0.1, 0.15) is 41.0 Å². The first-order valence-electron chi connectivity index (χ1n) is 10.8. The fourth-order valence-electron chi connectivity index (χ4n) is 3.78. The van der Waals surface area contributed by atoms with E-state index in [1.165, 1.54) is 18.2 Å². The van der Waals surface area contributed by atoms with Crippen LogP contribution in [-0.2, 0) is 4.79 Å². The first-order chi connectivity index (χ1) is 15.7. The Kier molecular flexibility index (Phi) is 8.21. The van der Waals surface area contributed by atoms with Gasteiger partial charge in [-0.25, -0.2) is 0 Å². The van der Waals surface area contributed by atoms with Crippen LogP contribution in [0.5, 0.6) is 5.75 Å². The molecule has 0 spiro atoms. The molecule has 2 aromatic carbocycles. The summed E-state index contributed by atoms with van der Waals surface area (Å²) in [5.41, 5.74) is 0.489. The van der Waals surface area contributed by atoms with Crippen LogP contribution in [0, 0.1) is 5.92 Å². The lowest BCUT2D eigenvalue weighted by atomic mass is 10.0. The van der Waals surface area contributed by atoms with Gasteiger partial charge in [-0.05, 0) is 42.7 Å². The third kappa shape index (κ3) is 6.18. The summed E-state index contributed by atoms with van der Waals surface area (Å²) in [7, 11) is 0. The van der Waals surface area contributed by atoms with Gasteiger partial charge in [0.05, 0.1) is 16.1 Å². The van der Waals surface area contributed by atoms with E-state index in [4.69, 9.17) is 23.2 Å². The first-order valence-corrected chi connectivity index (χ1v) is 11.5. The molecule has 0 saturated carbocycles. The van der Waals surface area contributed by atoms with Crippen LogP contribution in [0.25, 0.3) is 0 Å². The molecule has 2 aromatic rings. The van der Waals surface area contributed by atoms with Gasteiger partial charge in [-0.1, -0.05) is 49.2 Å². The molecule has 0 aliphatic carbocycles. The lowest BCUT2D eigenvalue weighted by Gasteiger charge is -2.37. The topological polar surface area (TPSA) is 90.0 Å². The summed E-state index contributed by atoms with van der Waals surface area (Å²) in [6, 6.07) is 10.3. The summed E-state index contributed by atoms with van der Waals surface area (Å²) in [6.07, 6.45) is 0.465. The van der Waals surface area contributed by atoms with Gasteiger partial charge in [0.15, 0.2) is 0 Å². The van der Waals surface area contributed by atoms with E-state index in [9.17, 15) is 19.5 Å². The highest BCUT2D eigenvalue weighted by molar-refractivity contribution is 6.36. The molecule has 0 bridgehead atoms. The number of piperazine rings is 1. The van der Waals surface area contributed by atoms with Crippen molar-refractivity contribution >= 4 is 40.9 Å². The number of halogens is 2. The van der Waals surface area contributed by atoms with Crippen LogP contribution in [0.15, 0.2) is 42.5 Å². The zero-order valence-corrected chi connectivity index (χ0v) is 20.1. The normalized spacial score (nSPS) is 14.8. The highest BCUT2D eigenvalue weighted by Gasteiger charge is 2.31. The fraction of sp³-hybridized carbons (Fsp3) is 0.375. The average Bonchev–Trinajstić information content (AvgIpc) is 2.77. The average molecular weight is 492 g/mol. The molecular formula is C24H27Cl2N3O4. The summed E-state index contributed by atoms with van der Waals surface area (Å²) in [6.45, 7) is 5.30. The Labute approximate surface area is 203 Å². The van der Waals surface area contributed by atoms with Crippen LogP contribution in [0.3, 0.4) is 0 Å². The minimum absolute atomic E-state index is 0.0680. The second-order valence-electron chi connectivity index (χ2n) is 8.41. The third-order valence-electron chi connectivity index (χ3n) is 5.50. The van der Waals surface area contributed by atoms with Crippen LogP contribution >= 0.6 is 23.2 Å². The van der Waals surface area contributed by atoms with E-state index in [2.05, 4.69) is 5.32 Å². The molecule has 1 aliphatic heterocycles. The Hall–Kier alpha value is -2.77. The lowest BCUT2D eigenvalue weighted by Crippen LogP contribution is -2.56. The Morgan fingerprint density at radius 3 is 2.21 bits per heavy atom. The number of carbonyl (C=O) groups is 3. The van der Waals surface area contributed by atoms with Gasteiger partial charge in [0.25, 0.3) is 11.8 Å². The number of nitrogens with zero attached hydrogens (tertiary/aromatic N) is 2. The SMILES string of the molecule is CC(C)CC(NC(=O)c1ccc(Cl)cc1Cl)C(=O)N1CCN(C(=O)c2ccccc2O)CC1. The largest absolute Gasteiger partial charge is 0.507 e. The monoisotopic (exact) mass is 491 g/mol. The number of carbonyl (C=O) groups excluding carboxylic acids is 3. The first kappa shape index (κ1) is 24.9. The molecule has 176 valence electrons. The Balaban J connectivity index is 1.66. The van der Waals surface area contributed by atoms with Crippen molar-refractivity contribution in [3.63, 3.8) is 0 Å². The number of rotatable bonds is 6. The molecule has 7 nitrogen and oxygen atoms in total. The van der Waals surface area contributed by atoms with E-state index >= 15 is 0 Å². The van der Waals surface area contributed by atoms with Gasteiger partial charge in [0, 0.05) is 31.2 Å². The highest BCUT2D eigenvalue weighted by atomic mass is 35.5. The van der Waals surface area contributed by atoms with E-state index in [0.29, 0.717) is 37.6 Å². The standard InChI is InChI=1S/C24H27Cl2N3O4/c1-15(2)13-20(27-22(31)17-8-7-16(25)14-19(17)26)24(33)29-11-9-28(10-12-29)23(32)18-5-3-4-6-21(18)30/h3-8,14-15,20,30H,9-13H2,1-2H3,(H,27,31). The van der Waals surface area contributed by atoms with Gasteiger partial charge in [-0.3, -0.25) is 14.4 Å². The predicted molar refractivity (Wildman–Crippen MR) is 128 cm³/mol. The zero-order valence-electron chi connectivity index (χ0n) is 18.6. The third-order valence-corrected chi connectivity index (χ3v) is 6.05. The van der Waals surface area contributed by atoms with Gasteiger partial charge >= 0.3 is 0 Å². The summed E-state index contributed by atoms with van der Waals surface area (Å²) >= 11 is 12.1. The van der Waals surface area contributed by atoms with E-state index < -0.39 is 11.9 Å². The van der Waals surface area contributed by atoms with Crippen molar-refractivity contribution in [2.45, 2.75) is 26.3 Å². The van der Waals surface area contributed by atoms with Crippen LogP contribution in [0.2, 0.25) is 10.0 Å². The van der Waals surface area contributed by atoms with Crippen molar-refractivity contribution in [3.8, 4) is 5.75 Å². The Morgan fingerprint density at radius 1 is 0.970 bits per heavy atom. The van der Waals surface area contributed by atoms with Crippen LogP contribution in [-0.4, -0.2) is 64.8 Å². The number of nitrogens with one attached hydrogen (secondary N) is 1. The Morgan fingerprint density at radius 2 is 1.61 bits per heavy atom. The number of amides is 3. The molecule has 1 aliphatic rings. The smallest absolute Gasteiger partial charge is 0.257 e. The molecule has 3 rings (SSSR count). The molecule has 1 heterocycles. The van der Waals surface area contributed by atoms with E-state index in [0.717, 1.165) is 0 Å². The van der Waals surface area contributed by atoms with Crippen molar-refractivity contribution in [1.29, 1.82) is 0 Å². The lowest BCUT2D eigenvalue weighted by molar-refractivity contribution is -0.135. The van der Waals surface area contributed by atoms with Crippen molar-refractivity contribution in [2.75, 3.05) is 26.2 Å². The van der Waals surface area contributed by atoms with Crippen molar-refractivity contribution in [3.05, 3.63) is 63.6 Å². The van der Waals surface area contributed by atoms with Crippen molar-refractivity contribution in [1.82, 2.24) is 15.1 Å². The summed E-state index contributed by atoms with van der Waals surface area (Å²) in [5.74, 6) is -0.809. The molecular weight excluding hydrogens is 465 g/mol. The zero-order chi connectivity index (χ0) is 24.1. The molecule has 0 radical (unpaired) electrons. The van der Waals surface area contributed by atoms with Gasteiger partial charge in [0.1, 0.15) is 11.8 Å². The molecule has 1 unspecified atom stereocenters. The van der Waals surface area contributed by atoms with Crippen molar-refractivity contribution in [2.24, 2.45) is 5.92 Å². The van der Waals surface area contributed by atoms with Gasteiger partial charge < -0.3 is 20.2 Å². The van der Waals surface area contributed by atoms with Gasteiger partial charge in [-0.2, -0.15) is 0 Å². The van der Waals surface area contributed by atoms with Crippen LogP contribution < -0.4 is 5.32 Å². The van der Waals surface area contributed by atoms with E-state index in [1.54, 1.807) is 34.1 Å². The minimum atomic E-state index is -0.718. The number of hydrogen-bond donors (Lipinski definition) is 2. The van der Waals surface area contributed by atoms with Crippen molar-refractivity contribution < 1.29 is 19.5 Å². The highest BCUT2D eigenvalue weighted by Crippen LogP contribution is 2.22. The molecule has 2 N–H and O–H groups in total.